The Morgan fingerprint density at radius 3 is 2.80 bits per heavy atom. The number of aromatic nitrogens is 2. The minimum Gasteiger partial charge on any atom is -0.337 e. The maximum Gasteiger partial charge on any atom is 0.322 e. The number of nitrogens with zero attached hydrogens (tertiary/aromatic N) is 4. The first-order valence-electron chi connectivity index (χ1n) is 9.61. The van der Waals surface area contributed by atoms with Gasteiger partial charge in [-0.25, -0.2) is 13.6 Å². The smallest absolute Gasteiger partial charge is 0.322 e. The predicted molar refractivity (Wildman–Crippen MR) is 108 cm³/mol. The molecule has 1 aromatic heterocycles. The van der Waals surface area contributed by atoms with E-state index in [4.69, 9.17) is 11.6 Å². The largest absolute Gasteiger partial charge is 0.337 e. The number of nitrogens with one attached hydrogen (secondary N) is 1. The third-order valence-electron chi connectivity index (χ3n) is 5.51. The topological polar surface area (TPSA) is 70.5 Å². The molecule has 1 aromatic carbocycles. The Labute approximate surface area is 177 Å². The maximum absolute atomic E-state index is 14.8. The van der Waals surface area contributed by atoms with Crippen molar-refractivity contribution in [3.05, 3.63) is 46.0 Å². The molecule has 0 bridgehead atoms. The van der Waals surface area contributed by atoms with Crippen molar-refractivity contribution in [3.8, 4) is 0 Å². The number of urea groups is 1. The quantitative estimate of drug-likeness (QED) is 0.742. The molecule has 3 amide bonds. The molecule has 2 aromatic rings. The van der Waals surface area contributed by atoms with Gasteiger partial charge in [-0.3, -0.25) is 9.48 Å². The van der Waals surface area contributed by atoms with Gasteiger partial charge in [0.05, 0.1) is 30.4 Å². The molecule has 4 rings (SSSR count). The number of alkyl halides is 1. The second-order valence-corrected chi connectivity index (χ2v) is 8.65. The van der Waals surface area contributed by atoms with Gasteiger partial charge >= 0.3 is 6.03 Å². The van der Waals surface area contributed by atoms with Gasteiger partial charge in [-0.1, -0.05) is 11.6 Å². The Morgan fingerprint density at radius 2 is 2.10 bits per heavy atom. The van der Waals surface area contributed by atoms with Crippen LogP contribution in [0.15, 0.2) is 18.2 Å². The maximum atomic E-state index is 14.8. The summed E-state index contributed by atoms with van der Waals surface area (Å²) in [7, 11) is 1.56. The lowest BCUT2D eigenvalue weighted by Gasteiger charge is -2.33. The summed E-state index contributed by atoms with van der Waals surface area (Å²) in [6.07, 6.45) is 0.437. The molecule has 1 N–H and O–H groups in total. The molecule has 10 heteroatoms. The highest BCUT2D eigenvalue weighted by atomic mass is 35.5. The van der Waals surface area contributed by atoms with Crippen LogP contribution < -0.4 is 5.32 Å². The van der Waals surface area contributed by atoms with E-state index in [0.717, 1.165) is 0 Å². The molecule has 0 saturated carbocycles. The number of benzene rings is 1. The summed E-state index contributed by atoms with van der Waals surface area (Å²) in [5.74, 6) is -0.888. The molecule has 7 nitrogen and oxygen atoms in total. The van der Waals surface area contributed by atoms with E-state index in [1.807, 2.05) is 6.92 Å². The van der Waals surface area contributed by atoms with Crippen LogP contribution in [0, 0.1) is 5.82 Å². The number of carbonyl (C=O) groups excluding carboxylic acids is 2. The summed E-state index contributed by atoms with van der Waals surface area (Å²) < 4.78 is 29.6. The monoisotopic (exact) mass is 437 g/mol. The molecule has 0 radical (unpaired) electrons. The average Bonchev–Trinajstić information content (AvgIpc) is 2.94. The van der Waals surface area contributed by atoms with Crippen LogP contribution in [0.5, 0.6) is 0 Å². The van der Waals surface area contributed by atoms with Gasteiger partial charge in [-0.15, -0.1) is 0 Å². The predicted octanol–water partition coefficient (Wildman–Crippen LogP) is 3.47. The van der Waals surface area contributed by atoms with Crippen molar-refractivity contribution in [3.63, 3.8) is 0 Å². The van der Waals surface area contributed by atoms with Gasteiger partial charge in [0.15, 0.2) is 0 Å². The third kappa shape index (κ3) is 3.62. The molecular formula is C20H22ClF2N5O2. The summed E-state index contributed by atoms with van der Waals surface area (Å²) >= 11 is 5.79. The van der Waals surface area contributed by atoms with Gasteiger partial charge in [-0.05, 0) is 32.0 Å². The lowest BCUT2D eigenvalue weighted by atomic mass is 9.99. The zero-order valence-corrected chi connectivity index (χ0v) is 17.6. The molecular weight excluding hydrogens is 416 g/mol. The van der Waals surface area contributed by atoms with Crippen molar-refractivity contribution in [2.24, 2.45) is 0 Å². The Balaban J connectivity index is 1.63. The number of fused-ring (bicyclic) bond motifs is 3. The molecule has 2 atom stereocenters. The van der Waals surface area contributed by atoms with Crippen LogP contribution in [0.25, 0.3) is 0 Å². The van der Waals surface area contributed by atoms with Gasteiger partial charge in [0.2, 0.25) is 0 Å². The van der Waals surface area contributed by atoms with Gasteiger partial charge < -0.3 is 15.1 Å². The Kier molecular flexibility index (Phi) is 4.96. The zero-order valence-electron chi connectivity index (χ0n) is 16.9. The van der Waals surface area contributed by atoms with Crippen molar-refractivity contribution in [1.29, 1.82) is 0 Å². The van der Waals surface area contributed by atoms with Crippen LogP contribution in [0.1, 0.15) is 35.6 Å². The van der Waals surface area contributed by atoms with Crippen molar-refractivity contribution >= 4 is 29.2 Å². The fourth-order valence-corrected chi connectivity index (χ4v) is 4.28. The fraction of sp³-hybridized carbons (Fsp3) is 0.450. The lowest BCUT2D eigenvalue weighted by Crippen LogP contribution is -2.45. The van der Waals surface area contributed by atoms with E-state index in [-0.39, 0.29) is 36.6 Å². The summed E-state index contributed by atoms with van der Waals surface area (Å²) in [5.41, 5.74) is 0.417. The van der Waals surface area contributed by atoms with Crippen molar-refractivity contribution < 1.29 is 18.4 Å². The lowest BCUT2D eigenvalue weighted by molar-refractivity contribution is 0.0680. The van der Waals surface area contributed by atoms with Crippen LogP contribution in [-0.2, 0) is 19.5 Å². The number of halogens is 3. The first kappa shape index (κ1) is 20.6. The van der Waals surface area contributed by atoms with E-state index in [0.29, 0.717) is 29.1 Å². The molecule has 30 heavy (non-hydrogen) atoms. The molecule has 0 fully saturated rings. The van der Waals surface area contributed by atoms with Gasteiger partial charge in [0.25, 0.3) is 5.91 Å². The molecule has 3 heterocycles. The zero-order chi connectivity index (χ0) is 21.8. The van der Waals surface area contributed by atoms with Gasteiger partial charge in [-0.2, -0.15) is 5.10 Å². The second-order valence-electron chi connectivity index (χ2n) is 8.25. The Bertz CT molecular complexity index is 1040. The number of carbonyl (C=O) groups is 2. The standard InChI is InChI=1S/C20H22ClF2N5O2/c1-11-6-16-13(17-18(29)26(3)9-20(2,23)10-28(17)25-16)8-27(11)19(30)24-12-4-5-15(22)14(21)7-12/h4-5,7,11H,6,8-10H2,1-3H3,(H,24,30)/t11-,20+/m1/s1. The molecule has 2 aliphatic rings. The normalized spacial score (nSPS) is 23.7. The van der Waals surface area contributed by atoms with E-state index in [2.05, 4.69) is 10.4 Å². The van der Waals surface area contributed by atoms with E-state index in [1.54, 1.807) is 11.9 Å². The first-order chi connectivity index (χ1) is 14.1. The van der Waals surface area contributed by atoms with Crippen molar-refractivity contribution in [1.82, 2.24) is 19.6 Å². The SMILES string of the molecule is C[C@@H]1Cc2nn3c(c2CN1C(=O)Nc1ccc(F)c(Cl)c1)C(=O)N(C)C[C@](C)(F)C3. The molecule has 2 aliphatic heterocycles. The third-order valence-corrected chi connectivity index (χ3v) is 5.80. The molecule has 0 unspecified atom stereocenters. The minimum atomic E-state index is -1.60. The van der Waals surface area contributed by atoms with E-state index in [9.17, 15) is 18.4 Å². The number of hydrogen-bond acceptors (Lipinski definition) is 3. The van der Waals surface area contributed by atoms with Crippen LogP contribution >= 0.6 is 11.6 Å². The molecule has 160 valence electrons. The molecule has 0 aliphatic carbocycles. The number of rotatable bonds is 1. The number of anilines is 1. The summed E-state index contributed by atoms with van der Waals surface area (Å²) in [6, 6.07) is 3.33. The minimum absolute atomic E-state index is 0.0277. The van der Waals surface area contributed by atoms with Crippen LogP contribution in [0.4, 0.5) is 19.3 Å². The Morgan fingerprint density at radius 1 is 1.37 bits per heavy atom. The van der Waals surface area contributed by atoms with Gasteiger partial charge in [0, 0.05) is 30.8 Å². The van der Waals surface area contributed by atoms with Crippen LogP contribution in [0.2, 0.25) is 5.02 Å². The van der Waals surface area contributed by atoms with Crippen LogP contribution in [0.3, 0.4) is 0 Å². The molecule has 0 spiro atoms. The summed E-state index contributed by atoms with van der Waals surface area (Å²) in [4.78, 5) is 28.7. The highest BCUT2D eigenvalue weighted by Gasteiger charge is 2.40. The van der Waals surface area contributed by atoms with E-state index >= 15 is 0 Å². The highest BCUT2D eigenvalue weighted by molar-refractivity contribution is 6.31. The number of hydrogen-bond donors (Lipinski definition) is 1. The van der Waals surface area contributed by atoms with Gasteiger partial charge in [0.1, 0.15) is 17.2 Å². The second kappa shape index (κ2) is 7.23. The van der Waals surface area contributed by atoms with Crippen molar-refractivity contribution in [2.45, 2.75) is 45.1 Å². The first-order valence-corrected chi connectivity index (χ1v) is 9.99. The molecule has 0 saturated heterocycles. The fourth-order valence-electron chi connectivity index (χ4n) is 4.10. The van der Waals surface area contributed by atoms with E-state index < -0.39 is 17.5 Å². The summed E-state index contributed by atoms with van der Waals surface area (Å²) in [5, 5.41) is 7.11. The summed E-state index contributed by atoms with van der Waals surface area (Å²) in [6.45, 7) is 3.42. The average molecular weight is 438 g/mol. The van der Waals surface area contributed by atoms with Crippen molar-refractivity contribution in [2.75, 3.05) is 18.9 Å². The van der Waals surface area contributed by atoms with Crippen LogP contribution in [-0.4, -0.2) is 56.8 Å². The highest BCUT2D eigenvalue weighted by Crippen LogP contribution is 2.31. The number of amides is 3. The Hall–Kier alpha value is -2.68. The van der Waals surface area contributed by atoms with E-state index in [1.165, 1.54) is 34.7 Å².